The molecule has 0 heterocycles. The molecule has 0 bridgehead atoms. The SMILES string of the molecule is NC(C(=O)NCCc1ccc(C(=O)O)cc1)C1CC1. The number of carbonyl (C=O) groups is 2. The summed E-state index contributed by atoms with van der Waals surface area (Å²) in [6.45, 7) is 0.520. The minimum atomic E-state index is -0.935. The third-order valence-electron chi connectivity index (χ3n) is 3.35. The lowest BCUT2D eigenvalue weighted by atomic mass is 10.1. The van der Waals surface area contributed by atoms with Gasteiger partial charge in [0, 0.05) is 6.54 Å². The first-order valence-electron chi connectivity index (χ1n) is 6.43. The van der Waals surface area contributed by atoms with Gasteiger partial charge in [-0.2, -0.15) is 0 Å². The Balaban J connectivity index is 1.75. The van der Waals surface area contributed by atoms with Crippen LogP contribution in [0, 0.1) is 5.92 Å². The van der Waals surface area contributed by atoms with Crippen LogP contribution < -0.4 is 11.1 Å². The first-order chi connectivity index (χ1) is 9.08. The summed E-state index contributed by atoms with van der Waals surface area (Å²) in [5, 5.41) is 11.6. The highest BCUT2D eigenvalue weighted by Gasteiger charge is 2.32. The van der Waals surface area contributed by atoms with Crippen molar-refractivity contribution < 1.29 is 14.7 Å². The molecule has 0 spiro atoms. The van der Waals surface area contributed by atoms with Crippen LogP contribution in [0.3, 0.4) is 0 Å². The van der Waals surface area contributed by atoms with Crippen molar-refractivity contribution in [2.45, 2.75) is 25.3 Å². The monoisotopic (exact) mass is 262 g/mol. The van der Waals surface area contributed by atoms with E-state index in [1.54, 1.807) is 24.3 Å². The summed E-state index contributed by atoms with van der Waals surface area (Å²) in [5.41, 5.74) is 7.04. The van der Waals surface area contributed by atoms with E-state index >= 15 is 0 Å². The maximum absolute atomic E-state index is 11.6. The first-order valence-corrected chi connectivity index (χ1v) is 6.43. The summed E-state index contributed by atoms with van der Waals surface area (Å²) >= 11 is 0. The predicted molar refractivity (Wildman–Crippen MR) is 70.8 cm³/mol. The Kier molecular flexibility index (Phi) is 4.16. The van der Waals surface area contributed by atoms with Crippen molar-refractivity contribution in [3.8, 4) is 0 Å². The number of rotatable bonds is 6. The van der Waals surface area contributed by atoms with Crippen LogP contribution in [0.25, 0.3) is 0 Å². The Bertz CT molecular complexity index is 466. The molecular weight excluding hydrogens is 244 g/mol. The van der Waals surface area contributed by atoms with Gasteiger partial charge in [0.05, 0.1) is 11.6 Å². The van der Waals surface area contributed by atoms with Gasteiger partial charge >= 0.3 is 5.97 Å². The van der Waals surface area contributed by atoms with Gasteiger partial charge in [-0.1, -0.05) is 12.1 Å². The molecule has 1 atom stereocenters. The Morgan fingerprint density at radius 3 is 2.47 bits per heavy atom. The number of aromatic carboxylic acids is 1. The summed E-state index contributed by atoms with van der Waals surface area (Å²) in [7, 11) is 0. The predicted octanol–water partition coefficient (Wildman–Crippen LogP) is 0.781. The highest BCUT2D eigenvalue weighted by Crippen LogP contribution is 2.31. The molecule has 1 aliphatic carbocycles. The zero-order valence-corrected chi connectivity index (χ0v) is 10.6. The average molecular weight is 262 g/mol. The smallest absolute Gasteiger partial charge is 0.335 e. The molecule has 1 aromatic rings. The van der Waals surface area contributed by atoms with E-state index < -0.39 is 5.97 Å². The van der Waals surface area contributed by atoms with Crippen LogP contribution >= 0.6 is 0 Å². The van der Waals surface area contributed by atoms with Crippen LogP contribution in [0.2, 0.25) is 0 Å². The molecule has 1 saturated carbocycles. The highest BCUT2D eigenvalue weighted by atomic mass is 16.4. The zero-order valence-electron chi connectivity index (χ0n) is 10.6. The quantitative estimate of drug-likeness (QED) is 0.706. The van der Waals surface area contributed by atoms with Crippen LogP contribution in [-0.4, -0.2) is 29.6 Å². The summed E-state index contributed by atoms with van der Waals surface area (Å²) in [4.78, 5) is 22.3. The number of nitrogens with one attached hydrogen (secondary N) is 1. The molecule has 0 saturated heterocycles. The molecule has 0 radical (unpaired) electrons. The summed E-state index contributed by atoms with van der Waals surface area (Å²) in [5.74, 6) is -0.672. The minimum absolute atomic E-state index is 0.0929. The van der Waals surface area contributed by atoms with E-state index in [0.29, 0.717) is 18.9 Å². The highest BCUT2D eigenvalue weighted by molar-refractivity contribution is 5.87. The molecule has 1 amide bonds. The second-order valence-electron chi connectivity index (χ2n) is 4.91. The minimum Gasteiger partial charge on any atom is -0.478 e. The van der Waals surface area contributed by atoms with Gasteiger partial charge < -0.3 is 16.2 Å². The second-order valence-corrected chi connectivity index (χ2v) is 4.91. The maximum atomic E-state index is 11.6. The molecule has 0 aromatic heterocycles. The Morgan fingerprint density at radius 2 is 1.95 bits per heavy atom. The Labute approximate surface area is 111 Å². The lowest BCUT2D eigenvalue weighted by Crippen LogP contribution is -2.42. The lowest BCUT2D eigenvalue weighted by molar-refractivity contribution is -0.122. The van der Waals surface area contributed by atoms with E-state index in [9.17, 15) is 9.59 Å². The number of hydrogen-bond donors (Lipinski definition) is 3. The van der Waals surface area contributed by atoms with Gasteiger partial charge in [-0.25, -0.2) is 4.79 Å². The van der Waals surface area contributed by atoms with Crippen molar-refractivity contribution in [3.05, 3.63) is 35.4 Å². The number of carboxylic acid groups (broad SMARTS) is 1. The molecule has 1 aliphatic rings. The molecule has 0 aliphatic heterocycles. The van der Waals surface area contributed by atoms with E-state index in [-0.39, 0.29) is 17.5 Å². The van der Waals surface area contributed by atoms with Crippen LogP contribution in [-0.2, 0) is 11.2 Å². The van der Waals surface area contributed by atoms with E-state index in [2.05, 4.69) is 5.32 Å². The topological polar surface area (TPSA) is 92.4 Å². The molecule has 1 unspecified atom stereocenters. The number of amides is 1. The van der Waals surface area contributed by atoms with Gasteiger partial charge in [-0.3, -0.25) is 4.79 Å². The second kappa shape index (κ2) is 5.84. The fourth-order valence-electron chi connectivity index (χ4n) is 1.93. The number of nitrogens with two attached hydrogens (primary N) is 1. The van der Waals surface area contributed by atoms with Crippen molar-refractivity contribution >= 4 is 11.9 Å². The van der Waals surface area contributed by atoms with Crippen LogP contribution in [0.15, 0.2) is 24.3 Å². The van der Waals surface area contributed by atoms with Crippen LogP contribution in [0.4, 0.5) is 0 Å². The van der Waals surface area contributed by atoms with Gasteiger partial charge in [0.2, 0.25) is 5.91 Å². The van der Waals surface area contributed by atoms with Gasteiger partial charge in [0.25, 0.3) is 0 Å². The fourth-order valence-corrected chi connectivity index (χ4v) is 1.93. The van der Waals surface area contributed by atoms with Gasteiger partial charge in [0.1, 0.15) is 0 Å². The number of benzene rings is 1. The molecule has 4 N–H and O–H groups in total. The Hall–Kier alpha value is -1.88. The van der Waals surface area contributed by atoms with E-state index in [4.69, 9.17) is 10.8 Å². The molecular formula is C14H18N2O3. The van der Waals surface area contributed by atoms with Gasteiger partial charge in [-0.15, -0.1) is 0 Å². The standard InChI is InChI=1S/C14H18N2O3/c15-12(10-5-6-10)13(17)16-8-7-9-1-3-11(4-2-9)14(18)19/h1-4,10,12H,5-8,15H2,(H,16,17)(H,18,19). The lowest BCUT2D eigenvalue weighted by Gasteiger charge is -2.11. The van der Waals surface area contributed by atoms with E-state index in [1.165, 1.54) is 0 Å². The van der Waals surface area contributed by atoms with Crippen LogP contribution in [0.1, 0.15) is 28.8 Å². The molecule has 102 valence electrons. The summed E-state index contributed by atoms with van der Waals surface area (Å²) in [6.07, 6.45) is 2.76. The van der Waals surface area contributed by atoms with Crippen molar-refractivity contribution in [2.24, 2.45) is 11.7 Å². The zero-order chi connectivity index (χ0) is 13.8. The number of carbonyl (C=O) groups excluding carboxylic acids is 1. The molecule has 1 aromatic carbocycles. The third-order valence-corrected chi connectivity index (χ3v) is 3.35. The van der Waals surface area contributed by atoms with Crippen LogP contribution in [0.5, 0.6) is 0 Å². The van der Waals surface area contributed by atoms with Crippen molar-refractivity contribution in [1.29, 1.82) is 0 Å². The van der Waals surface area contributed by atoms with E-state index in [0.717, 1.165) is 18.4 Å². The number of carboxylic acids is 1. The fraction of sp³-hybridized carbons (Fsp3) is 0.429. The maximum Gasteiger partial charge on any atom is 0.335 e. The van der Waals surface area contributed by atoms with E-state index in [1.807, 2.05) is 0 Å². The molecule has 2 rings (SSSR count). The third kappa shape index (κ3) is 3.79. The van der Waals surface area contributed by atoms with Crippen molar-refractivity contribution in [2.75, 3.05) is 6.54 Å². The Morgan fingerprint density at radius 1 is 1.32 bits per heavy atom. The molecule has 19 heavy (non-hydrogen) atoms. The molecule has 1 fully saturated rings. The molecule has 5 nitrogen and oxygen atoms in total. The largest absolute Gasteiger partial charge is 0.478 e. The number of hydrogen-bond acceptors (Lipinski definition) is 3. The first kappa shape index (κ1) is 13.5. The van der Waals surface area contributed by atoms with Gasteiger partial charge in [0.15, 0.2) is 0 Å². The summed E-state index contributed by atoms with van der Waals surface area (Å²) < 4.78 is 0. The van der Waals surface area contributed by atoms with Crippen molar-refractivity contribution in [1.82, 2.24) is 5.32 Å². The normalized spacial score (nSPS) is 15.8. The summed E-state index contributed by atoms with van der Waals surface area (Å²) in [6, 6.07) is 6.27. The molecule has 5 heteroatoms. The average Bonchev–Trinajstić information content (AvgIpc) is 3.22. The van der Waals surface area contributed by atoms with Gasteiger partial charge in [-0.05, 0) is 42.9 Å². The van der Waals surface area contributed by atoms with Crippen molar-refractivity contribution in [3.63, 3.8) is 0 Å².